The summed E-state index contributed by atoms with van der Waals surface area (Å²) in [4.78, 5) is 27.4. The smallest absolute Gasteiger partial charge is 0.260 e. The number of nitrogens with one attached hydrogen (secondary N) is 1. The van der Waals surface area contributed by atoms with Crippen molar-refractivity contribution in [2.75, 3.05) is 39.2 Å². The van der Waals surface area contributed by atoms with Gasteiger partial charge >= 0.3 is 0 Å². The van der Waals surface area contributed by atoms with E-state index in [2.05, 4.69) is 5.32 Å². The van der Waals surface area contributed by atoms with Crippen molar-refractivity contribution in [1.29, 1.82) is 0 Å². The third kappa shape index (κ3) is 6.70. The quantitative estimate of drug-likeness (QED) is 0.370. The minimum Gasteiger partial charge on any atom is -0.497 e. The van der Waals surface area contributed by atoms with Crippen molar-refractivity contribution in [2.24, 2.45) is 0 Å². The average Bonchev–Trinajstić information content (AvgIpc) is 2.96. The van der Waals surface area contributed by atoms with E-state index in [1.54, 1.807) is 42.5 Å². The summed E-state index contributed by atoms with van der Waals surface area (Å²) < 4.78 is 30.7. The Morgan fingerprint density at radius 1 is 0.921 bits per heavy atom. The first-order valence-corrected chi connectivity index (χ1v) is 12.5. The monoisotopic (exact) mass is 518 g/mol. The fourth-order valence-corrected chi connectivity index (χ4v) is 4.25. The lowest BCUT2D eigenvalue weighted by Crippen LogP contribution is -2.38. The fraction of sp³-hybridized carbons (Fsp3) is 0.267. The van der Waals surface area contributed by atoms with Crippen LogP contribution in [0, 0.1) is 5.82 Å². The number of methoxy groups -OCH3 is 2. The van der Waals surface area contributed by atoms with Gasteiger partial charge in [0.1, 0.15) is 23.1 Å². The molecule has 0 radical (unpaired) electrons. The second-order valence-corrected chi connectivity index (χ2v) is 8.86. The molecule has 1 heterocycles. The second kappa shape index (κ2) is 12.8. The maximum absolute atomic E-state index is 14.2. The molecule has 0 unspecified atom stereocenters. The number of hydrogen-bond donors (Lipinski definition) is 1. The molecule has 8 heteroatoms. The summed E-state index contributed by atoms with van der Waals surface area (Å²) in [5, 5.41) is 2.62. The van der Waals surface area contributed by atoms with Gasteiger partial charge in [-0.1, -0.05) is 36.4 Å². The van der Waals surface area contributed by atoms with Crippen LogP contribution in [0.5, 0.6) is 17.2 Å². The van der Waals surface area contributed by atoms with E-state index < -0.39 is 11.7 Å². The Balaban J connectivity index is 1.50. The predicted molar refractivity (Wildman–Crippen MR) is 145 cm³/mol. The number of para-hydroxylation sites is 1. The van der Waals surface area contributed by atoms with Crippen molar-refractivity contribution in [3.05, 3.63) is 83.2 Å². The maximum atomic E-state index is 14.2. The zero-order valence-corrected chi connectivity index (χ0v) is 21.5. The Kier molecular flexibility index (Phi) is 8.98. The van der Waals surface area contributed by atoms with Crippen LogP contribution in [0.2, 0.25) is 0 Å². The number of carbonyl (C=O) groups is 2. The molecule has 1 aliphatic heterocycles. The molecule has 1 saturated heterocycles. The van der Waals surface area contributed by atoms with Crippen molar-refractivity contribution in [3.63, 3.8) is 0 Å². The molecule has 1 N–H and O–H groups in total. The zero-order chi connectivity index (χ0) is 26.9. The molecule has 38 heavy (non-hydrogen) atoms. The molecule has 0 spiro atoms. The van der Waals surface area contributed by atoms with Gasteiger partial charge in [-0.05, 0) is 60.7 Å². The summed E-state index contributed by atoms with van der Waals surface area (Å²) in [7, 11) is 2.98. The number of nitrogens with zero attached hydrogens (tertiary/aromatic N) is 1. The number of benzene rings is 3. The number of carbonyl (C=O) groups excluding carboxylic acids is 2. The lowest BCUT2D eigenvalue weighted by molar-refractivity contribution is -0.134. The van der Waals surface area contributed by atoms with Crippen LogP contribution in [0.4, 0.5) is 10.1 Å². The predicted octanol–water partition coefficient (Wildman–Crippen LogP) is 5.66. The van der Waals surface area contributed by atoms with Crippen LogP contribution in [0.25, 0.3) is 12.2 Å². The minimum absolute atomic E-state index is 0.00170. The standard InChI is InChI=1S/C30H31FN2O5/c1-36-24-18-22(29(27(19-24)37-2)30(35)32-26-9-5-4-8-25(26)31)13-10-21-11-14-23(15-12-21)38-20-28(34)33-16-6-3-7-17-33/h4-5,8-15,18-19H,3,6-7,16-17,20H2,1-2H3,(H,32,35). The topological polar surface area (TPSA) is 77.1 Å². The van der Waals surface area contributed by atoms with E-state index in [-0.39, 0.29) is 23.8 Å². The Morgan fingerprint density at radius 2 is 1.66 bits per heavy atom. The molecule has 1 aliphatic rings. The number of anilines is 1. The highest BCUT2D eigenvalue weighted by Gasteiger charge is 2.20. The third-order valence-electron chi connectivity index (χ3n) is 6.32. The van der Waals surface area contributed by atoms with Crippen LogP contribution in [0.15, 0.2) is 60.7 Å². The largest absolute Gasteiger partial charge is 0.497 e. The molecular weight excluding hydrogens is 487 g/mol. The average molecular weight is 519 g/mol. The highest BCUT2D eigenvalue weighted by atomic mass is 19.1. The van der Waals surface area contributed by atoms with E-state index in [4.69, 9.17) is 14.2 Å². The van der Waals surface area contributed by atoms with Gasteiger partial charge in [-0.25, -0.2) is 4.39 Å². The second-order valence-electron chi connectivity index (χ2n) is 8.86. The van der Waals surface area contributed by atoms with Crippen molar-refractivity contribution >= 4 is 29.7 Å². The van der Waals surface area contributed by atoms with E-state index in [0.717, 1.165) is 31.5 Å². The van der Waals surface area contributed by atoms with Crippen LogP contribution in [-0.4, -0.2) is 50.6 Å². The number of hydrogen-bond acceptors (Lipinski definition) is 5. The normalized spacial score (nSPS) is 13.3. The van der Waals surface area contributed by atoms with Crippen molar-refractivity contribution < 1.29 is 28.2 Å². The summed E-state index contributed by atoms with van der Waals surface area (Å²) in [6.45, 7) is 1.60. The SMILES string of the molecule is COc1cc(C=Cc2ccc(OCC(=O)N3CCCCC3)cc2)c(C(=O)Nc2ccccc2F)c(OC)c1. The first-order valence-electron chi connectivity index (χ1n) is 12.5. The first kappa shape index (κ1) is 26.7. The Labute approximate surface area is 221 Å². The molecule has 0 bridgehead atoms. The van der Waals surface area contributed by atoms with E-state index in [0.29, 0.717) is 22.8 Å². The van der Waals surface area contributed by atoms with Crippen LogP contribution >= 0.6 is 0 Å². The molecule has 0 aliphatic carbocycles. The number of amides is 2. The van der Waals surface area contributed by atoms with E-state index in [1.165, 1.54) is 32.8 Å². The molecule has 1 fully saturated rings. The van der Waals surface area contributed by atoms with Gasteiger partial charge in [-0.2, -0.15) is 0 Å². The Hall–Kier alpha value is -4.33. The summed E-state index contributed by atoms with van der Waals surface area (Å²) in [6.07, 6.45) is 6.84. The Morgan fingerprint density at radius 3 is 2.34 bits per heavy atom. The number of likely N-dealkylation sites (tertiary alicyclic amines) is 1. The maximum Gasteiger partial charge on any atom is 0.260 e. The summed E-state index contributed by atoms with van der Waals surface area (Å²) in [6, 6.07) is 16.6. The fourth-order valence-electron chi connectivity index (χ4n) is 4.25. The Bertz CT molecular complexity index is 1300. The van der Waals surface area contributed by atoms with Gasteiger partial charge in [0, 0.05) is 19.2 Å². The van der Waals surface area contributed by atoms with Crippen LogP contribution < -0.4 is 19.5 Å². The van der Waals surface area contributed by atoms with Crippen LogP contribution in [-0.2, 0) is 4.79 Å². The summed E-state index contributed by atoms with van der Waals surface area (Å²) >= 11 is 0. The van der Waals surface area contributed by atoms with Crippen LogP contribution in [0.3, 0.4) is 0 Å². The lowest BCUT2D eigenvalue weighted by atomic mass is 10.0. The van der Waals surface area contributed by atoms with Gasteiger partial charge in [0.05, 0.1) is 25.5 Å². The third-order valence-corrected chi connectivity index (χ3v) is 6.32. The summed E-state index contributed by atoms with van der Waals surface area (Å²) in [5.74, 6) is 0.343. The van der Waals surface area contributed by atoms with Gasteiger partial charge < -0.3 is 24.4 Å². The van der Waals surface area contributed by atoms with Gasteiger partial charge in [0.25, 0.3) is 11.8 Å². The van der Waals surface area contributed by atoms with Gasteiger partial charge in [-0.3, -0.25) is 9.59 Å². The van der Waals surface area contributed by atoms with Crippen molar-refractivity contribution in [2.45, 2.75) is 19.3 Å². The van der Waals surface area contributed by atoms with E-state index >= 15 is 0 Å². The highest BCUT2D eigenvalue weighted by molar-refractivity contribution is 6.09. The molecule has 2 amide bonds. The lowest BCUT2D eigenvalue weighted by Gasteiger charge is -2.26. The van der Waals surface area contributed by atoms with Gasteiger partial charge in [0.15, 0.2) is 6.61 Å². The summed E-state index contributed by atoms with van der Waals surface area (Å²) in [5.41, 5.74) is 1.69. The zero-order valence-electron chi connectivity index (χ0n) is 21.5. The molecule has 0 aromatic heterocycles. The molecular formula is C30H31FN2O5. The number of ether oxygens (including phenoxy) is 3. The van der Waals surface area contributed by atoms with E-state index in [1.807, 2.05) is 23.1 Å². The van der Waals surface area contributed by atoms with Crippen molar-refractivity contribution in [3.8, 4) is 17.2 Å². The van der Waals surface area contributed by atoms with E-state index in [9.17, 15) is 14.0 Å². The number of rotatable bonds is 9. The molecule has 7 nitrogen and oxygen atoms in total. The molecule has 198 valence electrons. The van der Waals surface area contributed by atoms with Gasteiger partial charge in [0.2, 0.25) is 0 Å². The number of piperidine rings is 1. The minimum atomic E-state index is -0.537. The molecule has 4 rings (SSSR count). The van der Waals surface area contributed by atoms with Crippen LogP contribution in [0.1, 0.15) is 40.7 Å². The first-order chi connectivity index (χ1) is 18.5. The highest BCUT2D eigenvalue weighted by Crippen LogP contribution is 2.31. The molecule has 0 saturated carbocycles. The van der Waals surface area contributed by atoms with Gasteiger partial charge in [-0.15, -0.1) is 0 Å². The number of halogens is 1. The molecule has 3 aromatic carbocycles. The molecule has 0 atom stereocenters. The molecule has 3 aromatic rings. The van der Waals surface area contributed by atoms with Crippen molar-refractivity contribution in [1.82, 2.24) is 4.90 Å².